The standard InChI is InChI=1S/C13H17N5S2/c1-8(12-15-5-4-9(2)16-12)7-20-13-17-10(14)6-11(18-13)19-3/h4-6,8H,7H2,1-3H3,(H2,14,17,18). The first-order chi connectivity index (χ1) is 9.58. The maximum Gasteiger partial charge on any atom is 0.190 e. The van der Waals surface area contributed by atoms with Gasteiger partial charge in [-0.15, -0.1) is 11.8 Å². The molecule has 0 aliphatic carbocycles. The molecule has 2 aromatic heterocycles. The van der Waals surface area contributed by atoms with Crippen LogP contribution in [0.2, 0.25) is 0 Å². The van der Waals surface area contributed by atoms with Gasteiger partial charge in [-0.1, -0.05) is 18.7 Å². The molecule has 2 aromatic rings. The fraction of sp³-hybridized carbons (Fsp3) is 0.385. The Hall–Kier alpha value is -1.34. The Bertz CT molecular complexity index is 591. The Labute approximate surface area is 127 Å². The molecule has 0 aliphatic heterocycles. The molecule has 0 saturated carbocycles. The summed E-state index contributed by atoms with van der Waals surface area (Å²) in [7, 11) is 0. The van der Waals surface area contributed by atoms with Crippen molar-refractivity contribution in [3.8, 4) is 0 Å². The van der Waals surface area contributed by atoms with Gasteiger partial charge in [-0.3, -0.25) is 0 Å². The molecule has 0 amide bonds. The number of nitrogens with zero attached hydrogens (tertiary/aromatic N) is 4. The van der Waals surface area contributed by atoms with Crippen LogP contribution >= 0.6 is 23.5 Å². The highest BCUT2D eigenvalue weighted by Gasteiger charge is 2.11. The minimum absolute atomic E-state index is 0.239. The van der Waals surface area contributed by atoms with E-state index in [2.05, 4.69) is 26.9 Å². The van der Waals surface area contributed by atoms with E-state index in [0.29, 0.717) is 11.0 Å². The third-order valence-electron chi connectivity index (χ3n) is 2.63. The van der Waals surface area contributed by atoms with Gasteiger partial charge in [0, 0.05) is 29.6 Å². The fourth-order valence-corrected chi connectivity index (χ4v) is 2.92. The Morgan fingerprint density at radius 2 is 2.10 bits per heavy atom. The first kappa shape index (κ1) is 15.1. The molecule has 0 aliphatic rings. The van der Waals surface area contributed by atoms with Crippen molar-refractivity contribution < 1.29 is 0 Å². The van der Waals surface area contributed by atoms with E-state index >= 15 is 0 Å². The number of nitrogens with two attached hydrogens (primary N) is 1. The SMILES string of the molecule is CSc1cc(N)nc(SCC(C)c2nccc(C)n2)n1. The number of hydrogen-bond donors (Lipinski definition) is 1. The number of nitrogen functional groups attached to an aromatic ring is 1. The maximum atomic E-state index is 5.77. The van der Waals surface area contributed by atoms with Crippen LogP contribution in [0.1, 0.15) is 24.4 Å². The van der Waals surface area contributed by atoms with Gasteiger partial charge in [-0.05, 0) is 19.2 Å². The zero-order valence-electron chi connectivity index (χ0n) is 11.7. The van der Waals surface area contributed by atoms with E-state index in [4.69, 9.17) is 5.73 Å². The number of anilines is 1. The topological polar surface area (TPSA) is 77.6 Å². The monoisotopic (exact) mass is 307 g/mol. The van der Waals surface area contributed by atoms with Crippen molar-refractivity contribution in [3.05, 3.63) is 29.8 Å². The summed E-state index contributed by atoms with van der Waals surface area (Å²) in [5, 5.41) is 1.59. The second kappa shape index (κ2) is 6.90. The Morgan fingerprint density at radius 1 is 1.30 bits per heavy atom. The second-order valence-electron chi connectivity index (χ2n) is 4.39. The highest BCUT2D eigenvalue weighted by molar-refractivity contribution is 7.99. The lowest BCUT2D eigenvalue weighted by atomic mass is 10.2. The smallest absolute Gasteiger partial charge is 0.190 e. The average molecular weight is 307 g/mol. The van der Waals surface area contributed by atoms with Crippen LogP contribution in [-0.2, 0) is 0 Å². The lowest BCUT2D eigenvalue weighted by Crippen LogP contribution is -2.05. The second-order valence-corrected chi connectivity index (χ2v) is 6.20. The van der Waals surface area contributed by atoms with E-state index in [1.807, 2.05) is 19.2 Å². The molecule has 2 heterocycles. The van der Waals surface area contributed by atoms with Crippen molar-refractivity contribution in [2.24, 2.45) is 0 Å². The minimum atomic E-state index is 0.239. The summed E-state index contributed by atoms with van der Waals surface area (Å²) in [6, 6.07) is 3.68. The minimum Gasteiger partial charge on any atom is -0.384 e. The summed E-state index contributed by atoms with van der Waals surface area (Å²) < 4.78 is 0. The van der Waals surface area contributed by atoms with Crippen LogP contribution in [0.25, 0.3) is 0 Å². The molecule has 0 saturated heterocycles. The van der Waals surface area contributed by atoms with Crippen molar-refractivity contribution in [1.29, 1.82) is 0 Å². The summed E-state index contributed by atoms with van der Waals surface area (Å²) in [4.78, 5) is 17.4. The summed E-state index contributed by atoms with van der Waals surface area (Å²) in [5.41, 5.74) is 6.75. The zero-order chi connectivity index (χ0) is 14.5. The zero-order valence-corrected chi connectivity index (χ0v) is 13.3. The fourth-order valence-electron chi connectivity index (χ4n) is 1.57. The molecule has 7 heteroatoms. The molecular formula is C13H17N5S2. The molecule has 0 bridgehead atoms. The van der Waals surface area contributed by atoms with E-state index in [1.54, 1.807) is 35.8 Å². The summed E-state index contributed by atoms with van der Waals surface area (Å²) >= 11 is 3.14. The van der Waals surface area contributed by atoms with Crippen molar-refractivity contribution in [2.45, 2.75) is 29.9 Å². The van der Waals surface area contributed by atoms with Gasteiger partial charge >= 0.3 is 0 Å². The molecule has 0 radical (unpaired) electrons. The molecule has 2 rings (SSSR count). The van der Waals surface area contributed by atoms with Crippen LogP contribution in [0.15, 0.2) is 28.5 Å². The molecule has 20 heavy (non-hydrogen) atoms. The summed E-state index contributed by atoms with van der Waals surface area (Å²) in [6.45, 7) is 4.07. The van der Waals surface area contributed by atoms with Crippen LogP contribution in [0.3, 0.4) is 0 Å². The van der Waals surface area contributed by atoms with Crippen molar-refractivity contribution in [2.75, 3.05) is 17.7 Å². The Morgan fingerprint density at radius 3 is 2.80 bits per heavy atom. The van der Waals surface area contributed by atoms with Gasteiger partial charge in [-0.25, -0.2) is 19.9 Å². The molecule has 0 fully saturated rings. The van der Waals surface area contributed by atoms with Gasteiger partial charge in [0.15, 0.2) is 5.16 Å². The maximum absolute atomic E-state index is 5.77. The Kier molecular flexibility index (Phi) is 5.19. The number of thioether (sulfide) groups is 2. The van der Waals surface area contributed by atoms with Gasteiger partial charge in [0.2, 0.25) is 0 Å². The van der Waals surface area contributed by atoms with Crippen molar-refractivity contribution in [3.63, 3.8) is 0 Å². The number of aryl methyl sites for hydroxylation is 1. The quantitative estimate of drug-likeness (QED) is 0.517. The molecule has 0 spiro atoms. The first-order valence-corrected chi connectivity index (χ1v) is 8.40. The van der Waals surface area contributed by atoms with Gasteiger partial charge in [0.1, 0.15) is 16.7 Å². The lowest BCUT2D eigenvalue weighted by Gasteiger charge is -2.10. The first-order valence-electron chi connectivity index (χ1n) is 6.19. The van der Waals surface area contributed by atoms with E-state index in [0.717, 1.165) is 22.3 Å². The molecule has 5 nitrogen and oxygen atoms in total. The van der Waals surface area contributed by atoms with Crippen LogP contribution in [0.5, 0.6) is 0 Å². The largest absolute Gasteiger partial charge is 0.384 e. The van der Waals surface area contributed by atoms with E-state index in [1.165, 1.54) is 0 Å². The van der Waals surface area contributed by atoms with Gasteiger partial charge in [0.25, 0.3) is 0 Å². The highest BCUT2D eigenvalue weighted by atomic mass is 32.2. The number of rotatable bonds is 5. The molecule has 0 aromatic carbocycles. The predicted octanol–water partition coefficient (Wildman–Crippen LogP) is 2.77. The van der Waals surface area contributed by atoms with Crippen LogP contribution in [0.4, 0.5) is 5.82 Å². The predicted molar refractivity (Wildman–Crippen MR) is 84.1 cm³/mol. The van der Waals surface area contributed by atoms with Crippen LogP contribution in [0, 0.1) is 6.92 Å². The third-order valence-corrected chi connectivity index (χ3v) is 4.36. The third kappa shape index (κ3) is 4.08. The average Bonchev–Trinajstić information content (AvgIpc) is 2.44. The Balaban J connectivity index is 2.03. The van der Waals surface area contributed by atoms with Crippen LogP contribution < -0.4 is 5.73 Å². The van der Waals surface area contributed by atoms with Gasteiger partial charge in [0.05, 0.1) is 0 Å². The van der Waals surface area contributed by atoms with Crippen molar-refractivity contribution >= 4 is 29.3 Å². The van der Waals surface area contributed by atoms with E-state index in [9.17, 15) is 0 Å². The van der Waals surface area contributed by atoms with E-state index in [-0.39, 0.29) is 5.92 Å². The summed E-state index contributed by atoms with van der Waals surface area (Å²) in [6.07, 6.45) is 3.76. The molecule has 1 unspecified atom stereocenters. The van der Waals surface area contributed by atoms with Gasteiger partial charge < -0.3 is 5.73 Å². The van der Waals surface area contributed by atoms with Crippen LogP contribution in [-0.4, -0.2) is 31.9 Å². The highest BCUT2D eigenvalue weighted by Crippen LogP contribution is 2.24. The number of hydrogen-bond acceptors (Lipinski definition) is 7. The molecular weight excluding hydrogens is 290 g/mol. The molecule has 106 valence electrons. The number of aromatic nitrogens is 4. The summed E-state index contributed by atoms with van der Waals surface area (Å²) in [5.74, 6) is 2.42. The molecule has 2 N–H and O–H groups in total. The molecule has 1 atom stereocenters. The lowest BCUT2D eigenvalue weighted by molar-refractivity contribution is 0.772. The van der Waals surface area contributed by atoms with E-state index < -0.39 is 0 Å². The normalized spacial score (nSPS) is 12.3. The van der Waals surface area contributed by atoms with Gasteiger partial charge in [-0.2, -0.15) is 0 Å². The van der Waals surface area contributed by atoms with Crippen molar-refractivity contribution in [1.82, 2.24) is 19.9 Å².